The average molecular weight is 324 g/mol. The van der Waals surface area contributed by atoms with Gasteiger partial charge in [0.25, 0.3) is 0 Å². The Kier molecular flexibility index (Phi) is 5.10. The van der Waals surface area contributed by atoms with E-state index in [2.05, 4.69) is 10.6 Å². The maximum Gasteiger partial charge on any atom is 0.416 e. The molecule has 0 aliphatic heterocycles. The molecule has 0 saturated heterocycles. The van der Waals surface area contributed by atoms with Gasteiger partial charge in [-0.3, -0.25) is 4.79 Å². The van der Waals surface area contributed by atoms with Gasteiger partial charge >= 0.3 is 6.18 Å². The third-order valence-electron chi connectivity index (χ3n) is 3.04. The van der Waals surface area contributed by atoms with E-state index in [-0.39, 0.29) is 12.5 Å². The Hall–Kier alpha value is -2.70. The molecule has 1 amide bonds. The number of carbonyl (C=O) groups is 1. The zero-order valence-electron chi connectivity index (χ0n) is 12.3. The van der Waals surface area contributed by atoms with E-state index >= 15 is 0 Å². The number of anilines is 2. The molecule has 0 aliphatic carbocycles. The second kappa shape index (κ2) is 7.04. The van der Waals surface area contributed by atoms with Gasteiger partial charge in [-0.2, -0.15) is 13.2 Å². The number of hydrogen-bond acceptors (Lipinski definition) is 3. The number of alkyl halides is 3. The van der Waals surface area contributed by atoms with Gasteiger partial charge in [0.2, 0.25) is 5.91 Å². The van der Waals surface area contributed by atoms with Crippen LogP contribution < -0.4 is 15.4 Å². The summed E-state index contributed by atoms with van der Waals surface area (Å²) in [5.41, 5.74) is 0.278. The minimum atomic E-state index is -4.39. The number of methoxy groups -OCH3 is 1. The molecule has 0 fully saturated rings. The monoisotopic (exact) mass is 324 g/mol. The molecular formula is C16H15F3N2O2. The van der Waals surface area contributed by atoms with Gasteiger partial charge in [0, 0.05) is 11.4 Å². The van der Waals surface area contributed by atoms with Crippen LogP contribution in [0, 0.1) is 0 Å². The van der Waals surface area contributed by atoms with Crippen LogP contribution in [0.2, 0.25) is 0 Å². The fraction of sp³-hybridized carbons (Fsp3) is 0.188. The van der Waals surface area contributed by atoms with Crippen molar-refractivity contribution in [3.63, 3.8) is 0 Å². The van der Waals surface area contributed by atoms with Crippen LogP contribution in [0.5, 0.6) is 5.75 Å². The summed E-state index contributed by atoms with van der Waals surface area (Å²) in [6, 6.07) is 11.3. The third kappa shape index (κ3) is 4.91. The minimum absolute atomic E-state index is 0.00660. The fourth-order valence-corrected chi connectivity index (χ4v) is 1.84. The topological polar surface area (TPSA) is 50.4 Å². The Morgan fingerprint density at radius 2 is 1.57 bits per heavy atom. The number of halogens is 3. The Morgan fingerprint density at radius 3 is 2.09 bits per heavy atom. The lowest BCUT2D eigenvalue weighted by atomic mass is 10.2. The summed E-state index contributed by atoms with van der Waals surface area (Å²) in [7, 11) is 1.56. The van der Waals surface area contributed by atoms with E-state index in [0.29, 0.717) is 11.4 Å². The molecule has 0 unspecified atom stereocenters. The van der Waals surface area contributed by atoms with E-state index in [9.17, 15) is 18.0 Å². The first kappa shape index (κ1) is 16.7. The molecule has 0 aliphatic rings. The molecule has 23 heavy (non-hydrogen) atoms. The van der Waals surface area contributed by atoms with Crippen molar-refractivity contribution in [2.75, 3.05) is 24.3 Å². The van der Waals surface area contributed by atoms with Gasteiger partial charge in [-0.15, -0.1) is 0 Å². The Bertz CT molecular complexity index is 653. The molecule has 0 heterocycles. The SMILES string of the molecule is COc1ccc(NCC(=O)Nc2ccc(C(F)(F)F)cc2)cc1. The van der Waals surface area contributed by atoms with Crippen molar-refractivity contribution in [2.24, 2.45) is 0 Å². The van der Waals surface area contributed by atoms with Crippen molar-refractivity contribution in [1.29, 1.82) is 0 Å². The normalized spacial score (nSPS) is 11.0. The van der Waals surface area contributed by atoms with Gasteiger partial charge in [0.15, 0.2) is 0 Å². The number of nitrogens with one attached hydrogen (secondary N) is 2. The van der Waals surface area contributed by atoms with Crippen LogP contribution in [0.1, 0.15) is 5.56 Å². The molecule has 0 bridgehead atoms. The number of amides is 1. The highest BCUT2D eigenvalue weighted by Crippen LogP contribution is 2.29. The second-order valence-corrected chi connectivity index (χ2v) is 4.71. The van der Waals surface area contributed by atoms with Crippen molar-refractivity contribution < 1.29 is 22.7 Å². The van der Waals surface area contributed by atoms with Gasteiger partial charge in [-0.1, -0.05) is 0 Å². The molecule has 0 aromatic heterocycles. The van der Waals surface area contributed by atoms with Crippen molar-refractivity contribution in [3.8, 4) is 5.75 Å². The second-order valence-electron chi connectivity index (χ2n) is 4.71. The maximum absolute atomic E-state index is 12.4. The molecule has 7 heteroatoms. The van der Waals surface area contributed by atoms with E-state index in [1.165, 1.54) is 12.1 Å². The smallest absolute Gasteiger partial charge is 0.416 e. The summed E-state index contributed by atoms with van der Waals surface area (Å²) in [6.07, 6.45) is -4.39. The molecule has 2 rings (SSSR count). The van der Waals surface area contributed by atoms with E-state index in [0.717, 1.165) is 17.8 Å². The van der Waals surface area contributed by atoms with Crippen LogP contribution in [0.25, 0.3) is 0 Å². The van der Waals surface area contributed by atoms with E-state index in [1.54, 1.807) is 31.4 Å². The molecular weight excluding hydrogens is 309 g/mol. The molecule has 0 radical (unpaired) electrons. The molecule has 2 aromatic rings. The highest BCUT2D eigenvalue weighted by molar-refractivity contribution is 5.93. The van der Waals surface area contributed by atoms with Crippen LogP contribution in [0.15, 0.2) is 48.5 Å². The lowest BCUT2D eigenvalue weighted by Crippen LogP contribution is -2.21. The van der Waals surface area contributed by atoms with E-state index < -0.39 is 11.7 Å². The summed E-state index contributed by atoms with van der Waals surface area (Å²) in [5.74, 6) is 0.338. The summed E-state index contributed by atoms with van der Waals surface area (Å²) in [5, 5.41) is 5.42. The quantitative estimate of drug-likeness (QED) is 0.880. The Balaban J connectivity index is 1.86. The van der Waals surface area contributed by atoms with Crippen LogP contribution in [0.3, 0.4) is 0 Å². The van der Waals surface area contributed by atoms with Gasteiger partial charge in [-0.25, -0.2) is 0 Å². The summed E-state index contributed by atoms with van der Waals surface area (Å²) in [6.45, 7) is -0.00660. The number of hydrogen-bond donors (Lipinski definition) is 2. The summed E-state index contributed by atoms with van der Waals surface area (Å²) >= 11 is 0. The lowest BCUT2D eigenvalue weighted by Gasteiger charge is -2.10. The Labute approximate surface area is 131 Å². The first-order valence-electron chi connectivity index (χ1n) is 6.73. The number of ether oxygens (including phenoxy) is 1. The fourth-order valence-electron chi connectivity index (χ4n) is 1.84. The molecule has 0 saturated carbocycles. The number of carbonyl (C=O) groups excluding carboxylic acids is 1. The highest BCUT2D eigenvalue weighted by atomic mass is 19.4. The zero-order chi connectivity index (χ0) is 16.9. The number of rotatable bonds is 5. The third-order valence-corrected chi connectivity index (χ3v) is 3.04. The van der Waals surface area contributed by atoms with Gasteiger partial charge in [0.1, 0.15) is 5.75 Å². The largest absolute Gasteiger partial charge is 0.497 e. The maximum atomic E-state index is 12.4. The van der Waals surface area contributed by atoms with Crippen LogP contribution in [0.4, 0.5) is 24.5 Å². The molecule has 122 valence electrons. The molecule has 0 atom stereocenters. The first-order valence-corrected chi connectivity index (χ1v) is 6.73. The van der Waals surface area contributed by atoms with Crippen molar-refractivity contribution in [1.82, 2.24) is 0 Å². The molecule has 4 nitrogen and oxygen atoms in total. The standard InChI is InChI=1S/C16H15F3N2O2/c1-23-14-8-6-12(7-9-14)20-10-15(22)21-13-4-2-11(3-5-13)16(17,18)19/h2-9,20H,10H2,1H3,(H,21,22). The predicted molar refractivity (Wildman–Crippen MR) is 81.6 cm³/mol. The summed E-state index contributed by atoms with van der Waals surface area (Å²) in [4.78, 5) is 11.8. The minimum Gasteiger partial charge on any atom is -0.497 e. The van der Waals surface area contributed by atoms with Crippen molar-refractivity contribution in [2.45, 2.75) is 6.18 Å². The van der Waals surface area contributed by atoms with Crippen molar-refractivity contribution in [3.05, 3.63) is 54.1 Å². The predicted octanol–water partition coefficient (Wildman–Crippen LogP) is 3.76. The van der Waals surface area contributed by atoms with E-state index in [1.807, 2.05) is 0 Å². The first-order chi connectivity index (χ1) is 10.9. The van der Waals surface area contributed by atoms with E-state index in [4.69, 9.17) is 4.74 Å². The van der Waals surface area contributed by atoms with Crippen LogP contribution >= 0.6 is 0 Å². The van der Waals surface area contributed by atoms with Crippen LogP contribution in [-0.2, 0) is 11.0 Å². The van der Waals surface area contributed by atoms with Gasteiger partial charge < -0.3 is 15.4 Å². The zero-order valence-corrected chi connectivity index (χ0v) is 12.3. The van der Waals surface area contributed by atoms with Gasteiger partial charge in [0.05, 0.1) is 19.2 Å². The van der Waals surface area contributed by atoms with Crippen molar-refractivity contribution >= 4 is 17.3 Å². The molecule has 2 N–H and O–H groups in total. The average Bonchev–Trinajstić information content (AvgIpc) is 2.53. The molecule has 2 aromatic carbocycles. The van der Waals surface area contributed by atoms with Gasteiger partial charge in [-0.05, 0) is 48.5 Å². The molecule has 0 spiro atoms. The Morgan fingerprint density at radius 1 is 1.00 bits per heavy atom. The number of benzene rings is 2. The summed E-state index contributed by atoms with van der Waals surface area (Å²) < 4.78 is 42.3. The lowest BCUT2D eigenvalue weighted by molar-refractivity contribution is -0.137. The highest BCUT2D eigenvalue weighted by Gasteiger charge is 2.29. The van der Waals surface area contributed by atoms with Crippen LogP contribution in [-0.4, -0.2) is 19.6 Å².